The summed E-state index contributed by atoms with van der Waals surface area (Å²) in [7, 11) is 0. The summed E-state index contributed by atoms with van der Waals surface area (Å²) < 4.78 is 8.68. The molecule has 0 N–H and O–H groups in total. The van der Waals surface area contributed by atoms with Crippen LogP contribution in [-0.4, -0.2) is 23.9 Å². The summed E-state index contributed by atoms with van der Waals surface area (Å²) in [5, 5.41) is 0. The van der Waals surface area contributed by atoms with E-state index in [0.29, 0.717) is 0 Å². The van der Waals surface area contributed by atoms with Crippen molar-refractivity contribution in [3.63, 3.8) is 0 Å². The topological polar surface area (TPSA) is 86.7 Å². The maximum absolute atomic E-state index is 11.2. The third-order valence-corrected chi connectivity index (χ3v) is 2.21. The molecule has 2 unspecified atom stereocenters. The molecule has 1 saturated heterocycles. The van der Waals surface area contributed by atoms with Gasteiger partial charge in [0.25, 0.3) is 0 Å². The van der Waals surface area contributed by atoms with Gasteiger partial charge in [0.15, 0.2) is 0 Å². The van der Waals surface area contributed by atoms with Crippen molar-refractivity contribution in [1.29, 1.82) is 0 Å². The molecular weight excluding hydrogens is 216 g/mol. The first-order chi connectivity index (χ1) is 7.58. The van der Waals surface area contributed by atoms with E-state index in [2.05, 4.69) is 9.47 Å². The summed E-state index contributed by atoms with van der Waals surface area (Å²) in [5.74, 6) is -5.00. The van der Waals surface area contributed by atoms with Gasteiger partial charge >= 0.3 is 23.9 Å². The third-order valence-electron chi connectivity index (χ3n) is 2.21. The van der Waals surface area contributed by atoms with Crippen LogP contribution in [0.3, 0.4) is 0 Å². The fourth-order valence-corrected chi connectivity index (χ4v) is 1.46. The second-order valence-corrected chi connectivity index (χ2v) is 3.25. The number of esters is 4. The van der Waals surface area contributed by atoms with Crippen molar-refractivity contribution >= 4 is 23.9 Å². The molecule has 2 aliphatic heterocycles. The Balaban J connectivity index is 2.38. The Bertz CT molecular complexity index is 404. The van der Waals surface area contributed by atoms with Crippen LogP contribution in [0.2, 0.25) is 0 Å². The fraction of sp³-hybridized carbons (Fsp3) is 0.200. The van der Waals surface area contributed by atoms with Crippen LogP contribution in [0.4, 0.5) is 0 Å². The van der Waals surface area contributed by atoms with Crippen LogP contribution in [0.1, 0.15) is 0 Å². The molecule has 0 aromatic rings. The first-order valence-corrected chi connectivity index (χ1v) is 4.45. The minimum absolute atomic E-state index is 0.738. The number of hydrogen-bond donors (Lipinski definition) is 0. The fourth-order valence-electron chi connectivity index (χ4n) is 1.46. The second kappa shape index (κ2) is 3.73. The van der Waals surface area contributed by atoms with Gasteiger partial charge in [-0.05, 0) is 0 Å². The Hall–Kier alpha value is -2.24. The first-order valence-electron chi connectivity index (χ1n) is 4.45. The Kier molecular flexibility index (Phi) is 2.40. The molecule has 6 nitrogen and oxygen atoms in total. The molecule has 0 aromatic carbocycles. The zero-order valence-electron chi connectivity index (χ0n) is 7.91. The minimum Gasteiger partial charge on any atom is -0.392 e. The third kappa shape index (κ3) is 1.77. The normalized spacial score (nSPS) is 33.0. The molecule has 82 valence electrons. The summed E-state index contributed by atoms with van der Waals surface area (Å²) in [6.45, 7) is 0. The van der Waals surface area contributed by atoms with Gasteiger partial charge < -0.3 is 9.47 Å². The van der Waals surface area contributed by atoms with E-state index < -0.39 is 35.7 Å². The van der Waals surface area contributed by atoms with Gasteiger partial charge in [0.2, 0.25) is 0 Å². The van der Waals surface area contributed by atoms with Crippen molar-refractivity contribution in [2.45, 2.75) is 0 Å². The van der Waals surface area contributed by atoms with E-state index in [-0.39, 0.29) is 0 Å². The van der Waals surface area contributed by atoms with Crippen LogP contribution in [0.5, 0.6) is 0 Å². The molecule has 0 aliphatic carbocycles. The van der Waals surface area contributed by atoms with Crippen LogP contribution in [0, 0.1) is 11.8 Å². The summed E-state index contributed by atoms with van der Waals surface area (Å²) in [4.78, 5) is 44.4. The van der Waals surface area contributed by atoms with Crippen LogP contribution in [0.25, 0.3) is 0 Å². The van der Waals surface area contributed by atoms with Gasteiger partial charge in [-0.1, -0.05) is 12.2 Å². The molecule has 0 saturated carbocycles. The van der Waals surface area contributed by atoms with Gasteiger partial charge in [-0.15, -0.1) is 0 Å². The van der Waals surface area contributed by atoms with Crippen LogP contribution >= 0.6 is 0 Å². The number of carbonyl (C=O) groups excluding carboxylic acids is 4. The smallest absolute Gasteiger partial charge is 0.338 e. The van der Waals surface area contributed by atoms with E-state index in [1.54, 1.807) is 0 Å². The zero-order valence-corrected chi connectivity index (χ0v) is 7.91. The summed E-state index contributed by atoms with van der Waals surface area (Å²) in [6.07, 6.45) is 4.26. The second-order valence-electron chi connectivity index (χ2n) is 3.25. The number of carbonyl (C=O) groups is 4. The van der Waals surface area contributed by atoms with Crippen molar-refractivity contribution in [3.05, 3.63) is 24.3 Å². The molecule has 0 radical (unpaired) electrons. The first kappa shape index (κ1) is 10.3. The van der Waals surface area contributed by atoms with Gasteiger partial charge in [-0.3, -0.25) is 9.59 Å². The van der Waals surface area contributed by atoms with Crippen molar-refractivity contribution in [2.75, 3.05) is 0 Å². The van der Waals surface area contributed by atoms with Crippen LogP contribution < -0.4 is 0 Å². The lowest BCUT2D eigenvalue weighted by Gasteiger charge is -2.01. The summed E-state index contributed by atoms with van der Waals surface area (Å²) >= 11 is 0. The molecule has 2 rings (SSSR count). The zero-order chi connectivity index (χ0) is 11.7. The summed E-state index contributed by atoms with van der Waals surface area (Å²) in [6, 6.07) is 0. The van der Waals surface area contributed by atoms with E-state index in [4.69, 9.17) is 0 Å². The average Bonchev–Trinajstić information content (AvgIpc) is 2.49. The average molecular weight is 222 g/mol. The van der Waals surface area contributed by atoms with Crippen molar-refractivity contribution in [3.8, 4) is 0 Å². The Morgan fingerprint density at radius 3 is 1.62 bits per heavy atom. The van der Waals surface area contributed by atoms with Crippen LogP contribution in [-0.2, 0) is 28.7 Å². The lowest BCUT2D eigenvalue weighted by atomic mass is 9.94. The number of cyclic esters (lactones) is 4. The number of fused-ring (bicyclic) bond motifs is 1. The van der Waals surface area contributed by atoms with Crippen molar-refractivity contribution in [1.82, 2.24) is 0 Å². The maximum atomic E-state index is 11.2. The molecule has 16 heavy (non-hydrogen) atoms. The Labute approximate surface area is 89.5 Å². The molecule has 2 heterocycles. The molecule has 2 aliphatic rings. The Morgan fingerprint density at radius 2 is 1.19 bits per heavy atom. The molecule has 2 atom stereocenters. The van der Waals surface area contributed by atoms with Gasteiger partial charge in [0, 0.05) is 12.2 Å². The standard InChI is InChI=1S/C10H6O6/c11-7-3-1-5-6(2-4-8(12)15-7)10(14)16-9(5)13/h1-6H/b3-1+,4-2+. The van der Waals surface area contributed by atoms with Gasteiger partial charge in [-0.25, -0.2) is 9.59 Å². The number of hydrogen-bond acceptors (Lipinski definition) is 6. The van der Waals surface area contributed by atoms with Crippen molar-refractivity contribution in [2.24, 2.45) is 11.8 Å². The number of ether oxygens (including phenoxy) is 2. The highest BCUT2D eigenvalue weighted by Gasteiger charge is 2.41. The molecule has 6 heteroatoms. The maximum Gasteiger partial charge on any atom is 0.338 e. The highest BCUT2D eigenvalue weighted by molar-refractivity contribution is 6.02. The molecule has 0 bridgehead atoms. The molecule has 1 fully saturated rings. The van der Waals surface area contributed by atoms with Gasteiger partial charge in [-0.2, -0.15) is 0 Å². The number of rotatable bonds is 0. The molecule has 0 amide bonds. The largest absolute Gasteiger partial charge is 0.392 e. The quantitative estimate of drug-likeness (QED) is 0.405. The van der Waals surface area contributed by atoms with Crippen molar-refractivity contribution < 1.29 is 28.7 Å². The van der Waals surface area contributed by atoms with Gasteiger partial charge in [0.1, 0.15) is 0 Å². The molecule has 0 aromatic heterocycles. The van der Waals surface area contributed by atoms with E-state index >= 15 is 0 Å². The van der Waals surface area contributed by atoms with E-state index in [1.807, 2.05) is 0 Å². The molecule has 0 spiro atoms. The SMILES string of the molecule is O=C1/C=C/C2C(=O)OC(=O)C2/C=C/C(=O)O1. The predicted octanol–water partition coefficient (Wildman–Crippen LogP) is -0.502. The minimum atomic E-state index is -0.887. The van der Waals surface area contributed by atoms with E-state index in [1.165, 1.54) is 12.2 Å². The van der Waals surface area contributed by atoms with Crippen LogP contribution in [0.15, 0.2) is 24.3 Å². The van der Waals surface area contributed by atoms with E-state index in [0.717, 1.165) is 12.2 Å². The highest BCUT2D eigenvalue weighted by Crippen LogP contribution is 2.26. The lowest BCUT2D eigenvalue weighted by molar-refractivity contribution is -0.154. The molecular formula is C10H6O6. The monoisotopic (exact) mass is 222 g/mol. The predicted molar refractivity (Wildman–Crippen MR) is 47.5 cm³/mol. The summed E-state index contributed by atoms with van der Waals surface area (Å²) in [5.41, 5.74) is 0. The van der Waals surface area contributed by atoms with Gasteiger partial charge in [0.05, 0.1) is 11.8 Å². The lowest BCUT2D eigenvalue weighted by Crippen LogP contribution is -2.13. The van der Waals surface area contributed by atoms with E-state index in [9.17, 15) is 19.2 Å². The highest BCUT2D eigenvalue weighted by atomic mass is 16.6. The Morgan fingerprint density at radius 1 is 0.750 bits per heavy atom.